The van der Waals surface area contributed by atoms with E-state index in [2.05, 4.69) is 15.5 Å². The summed E-state index contributed by atoms with van der Waals surface area (Å²) in [6, 6.07) is 13.5. The lowest BCUT2D eigenvalue weighted by molar-refractivity contribution is 1.05. The van der Waals surface area contributed by atoms with E-state index in [1.807, 2.05) is 49.4 Å². The first-order valence-electron chi connectivity index (χ1n) is 6.09. The highest BCUT2D eigenvalue weighted by atomic mass is 35.5. The number of hydrogen-bond donors (Lipinski definition) is 1. The maximum absolute atomic E-state index is 6.23. The Hall–Kier alpha value is -1.84. The third-order valence-electron chi connectivity index (χ3n) is 3.02. The molecule has 0 bridgehead atoms. The minimum atomic E-state index is 0.390. The van der Waals surface area contributed by atoms with E-state index in [1.165, 1.54) is 0 Å². The van der Waals surface area contributed by atoms with Crippen molar-refractivity contribution in [2.75, 3.05) is 5.32 Å². The number of fused-ring (bicyclic) bond motifs is 1. The lowest BCUT2D eigenvalue weighted by Crippen LogP contribution is -1.98. The van der Waals surface area contributed by atoms with Crippen molar-refractivity contribution in [1.82, 2.24) is 10.2 Å². The van der Waals surface area contributed by atoms with Crippen molar-refractivity contribution in [3.05, 3.63) is 58.2 Å². The highest BCUT2D eigenvalue weighted by Gasteiger charge is 2.09. The highest BCUT2D eigenvalue weighted by molar-refractivity contribution is 6.35. The summed E-state index contributed by atoms with van der Waals surface area (Å²) in [5.41, 5.74) is 1.90. The van der Waals surface area contributed by atoms with Crippen LogP contribution in [0.1, 0.15) is 5.56 Å². The van der Waals surface area contributed by atoms with Crippen LogP contribution in [0.15, 0.2) is 42.5 Å². The van der Waals surface area contributed by atoms with Crippen molar-refractivity contribution in [2.45, 2.75) is 6.92 Å². The maximum Gasteiger partial charge on any atom is 0.161 e. The maximum atomic E-state index is 6.23. The van der Waals surface area contributed by atoms with E-state index in [1.54, 1.807) is 0 Å². The van der Waals surface area contributed by atoms with E-state index in [-0.39, 0.29) is 0 Å². The largest absolute Gasteiger partial charge is 0.337 e. The molecule has 1 N–H and O–H groups in total. The average Bonchev–Trinajstić information content (AvgIpc) is 2.45. The van der Waals surface area contributed by atoms with Gasteiger partial charge in [0.05, 0.1) is 10.7 Å². The molecule has 0 atom stereocenters. The van der Waals surface area contributed by atoms with Gasteiger partial charge in [-0.2, -0.15) is 0 Å². The summed E-state index contributed by atoms with van der Waals surface area (Å²) in [5.74, 6) is 0.635. The van der Waals surface area contributed by atoms with Crippen LogP contribution in [0.25, 0.3) is 10.8 Å². The summed E-state index contributed by atoms with van der Waals surface area (Å²) in [4.78, 5) is 0. The van der Waals surface area contributed by atoms with E-state index in [9.17, 15) is 0 Å². The number of hydrogen-bond acceptors (Lipinski definition) is 3. The van der Waals surface area contributed by atoms with Gasteiger partial charge in [0.1, 0.15) is 0 Å². The lowest BCUT2D eigenvalue weighted by Gasteiger charge is -2.10. The van der Waals surface area contributed by atoms with Crippen LogP contribution in [0, 0.1) is 6.92 Å². The van der Waals surface area contributed by atoms with Gasteiger partial charge in [-0.3, -0.25) is 0 Å². The van der Waals surface area contributed by atoms with E-state index in [4.69, 9.17) is 23.2 Å². The first-order chi connectivity index (χ1) is 9.65. The second-order valence-corrected chi connectivity index (χ2v) is 5.26. The van der Waals surface area contributed by atoms with Crippen LogP contribution in [0.5, 0.6) is 0 Å². The van der Waals surface area contributed by atoms with Crippen LogP contribution in [0.4, 0.5) is 11.5 Å². The number of aryl methyl sites for hydroxylation is 1. The van der Waals surface area contributed by atoms with E-state index in [0.29, 0.717) is 16.0 Å². The van der Waals surface area contributed by atoms with Gasteiger partial charge in [-0.1, -0.05) is 53.5 Å². The molecule has 0 aliphatic carbocycles. The fourth-order valence-electron chi connectivity index (χ4n) is 2.01. The summed E-state index contributed by atoms with van der Waals surface area (Å²) in [6.07, 6.45) is 0. The van der Waals surface area contributed by atoms with Gasteiger partial charge in [0.25, 0.3) is 0 Å². The van der Waals surface area contributed by atoms with Gasteiger partial charge < -0.3 is 5.32 Å². The molecule has 1 heterocycles. The van der Waals surface area contributed by atoms with Crippen LogP contribution in [0.3, 0.4) is 0 Å². The molecule has 0 radical (unpaired) electrons. The summed E-state index contributed by atoms with van der Waals surface area (Å²) in [6.45, 7) is 1.99. The molecule has 0 aliphatic heterocycles. The third-order valence-corrected chi connectivity index (χ3v) is 3.61. The van der Waals surface area contributed by atoms with Crippen molar-refractivity contribution in [2.24, 2.45) is 0 Å². The number of rotatable bonds is 2. The third kappa shape index (κ3) is 2.42. The summed E-state index contributed by atoms with van der Waals surface area (Å²) in [5, 5.41) is 14.1. The summed E-state index contributed by atoms with van der Waals surface area (Å²) in [7, 11) is 0. The van der Waals surface area contributed by atoms with Crippen LogP contribution in [-0.2, 0) is 0 Å². The molecular weight excluding hydrogens is 293 g/mol. The molecule has 0 spiro atoms. The van der Waals surface area contributed by atoms with Gasteiger partial charge in [-0.05, 0) is 24.6 Å². The smallest absolute Gasteiger partial charge is 0.161 e. The van der Waals surface area contributed by atoms with Crippen molar-refractivity contribution in [3.63, 3.8) is 0 Å². The van der Waals surface area contributed by atoms with E-state index >= 15 is 0 Å². The van der Waals surface area contributed by atoms with Crippen LogP contribution in [-0.4, -0.2) is 10.2 Å². The normalized spacial score (nSPS) is 10.8. The van der Waals surface area contributed by atoms with Gasteiger partial charge in [0.2, 0.25) is 0 Å². The minimum Gasteiger partial charge on any atom is -0.337 e. The second-order valence-electron chi connectivity index (χ2n) is 4.49. The van der Waals surface area contributed by atoms with Crippen LogP contribution in [0.2, 0.25) is 10.2 Å². The van der Waals surface area contributed by atoms with Gasteiger partial charge in [0, 0.05) is 10.8 Å². The first kappa shape index (κ1) is 13.2. The Kier molecular flexibility index (Phi) is 3.47. The van der Waals surface area contributed by atoms with Gasteiger partial charge >= 0.3 is 0 Å². The fraction of sp³-hybridized carbons (Fsp3) is 0.0667. The van der Waals surface area contributed by atoms with Crippen LogP contribution < -0.4 is 5.32 Å². The lowest BCUT2D eigenvalue weighted by atomic mass is 10.2. The molecule has 3 aromatic rings. The van der Waals surface area contributed by atoms with Crippen molar-refractivity contribution < 1.29 is 0 Å². The zero-order valence-electron chi connectivity index (χ0n) is 10.7. The van der Waals surface area contributed by atoms with Crippen molar-refractivity contribution in [1.29, 1.82) is 0 Å². The predicted octanol–water partition coefficient (Wildman–Crippen LogP) is 4.99. The Labute approximate surface area is 126 Å². The summed E-state index contributed by atoms with van der Waals surface area (Å²) < 4.78 is 0. The Balaban J connectivity index is 2.09. The molecule has 0 unspecified atom stereocenters. The molecule has 0 fully saturated rings. The standard InChI is InChI=1S/C15H11Cl2N3/c1-9-6-7-13(12(16)8-9)18-15-11-5-3-2-4-10(11)14(17)19-20-15/h2-8H,1H3,(H,18,20). The number of aromatic nitrogens is 2. The number of nitrogens with one attached hydrogen (secondary N) is 1. The Morgan fingerprint density at radius 2 is 1.70 bits per heavy atom. The topological polar surface area (TPSA) is 37.8 Å². The first-order valence-corrected chi connectivity index (χ1v) is 6.85. The molecule has 3 nitrogen and oxygen atoms in total. The van der Waals surface area contributed by atoms with E-state index < -0.39 is 0 Å². The molecular formula is C15H11Cl2N3. The average molecular weight is 304 g/mol. The zero-order chi connectivity index (χ0) is 14.1. The SMILES string of the molecule is Cc1ccc(Nc2nnc(Cl)c3ccccc23)c(Cl)c1. The molecule has 2 aromatic carbocycles. The quantitative estimate of drug-likeness (QED) is 0.725. The molecule has 20 heavy (non-hydrogen) atoms. The zero-order valence-corrected chi connectivity index (χ0v) is 12.2. The Morgan fingerprint density at radius 1 is 0.950 bits per heavy atom. The van der Waals surface area contributed by atoms with Crippen molar-refractivity contribution in [3.8, 4) is 0 Å². The number of benzene rings is 2. The molecule has 3 rings (SSSR count). The Bertz CT molecular complexity index is 787. The predicted molar refractivity (Wildman–Crippen MR) is 84.0 cm³/mol. The van der Waals surface area contributed by atoms with E-state index in [0.717, 1.165) is 22.0 Å². The fourth-order valence-corrected chi connectivity index (χ4v) is 2.50. The number of anilines is 2. The van der Waals surface area contributed by atoms with Gasteiger partial charge in [0.15, 0.2) is 11.0 Å². The highest BCUT2D eigenvalue weighted by Crippen LogP contribution is 2.30. The molecule has 100 valence electrons. The van der Waals surface area contributed by atoms with Gasteiger partial charge in [-0.15, -0.1) is 10.2 Å². The Morgan fingerprint density at radius 3 is 2.45 bits per heavy atom. The number of halogens is 2. The molecule has 0 saturated carbocycles. The monoisotopic (exact) mass is 303 g/mol. The number of nitrogens with zero attached hydrogens (tertiary/aromatic N) is 2. The van der Waals surface area contributed by atoms with Crippen molar-refractivity contribution >= 4 is 45.5 Å². The summed E-state index contributed by atoms with van der Waals surface area (Å²) >= 11 is 12.3. The molecule has 0 saturated heterocycles. The minimum absolute atomic E-state index is 0.390. The molecule has 1 aromatic heterocycles. The van der Waals surface area contributed by atoms with Crippen LogP contribution >= 0.6 is 23.2 Å². The second kappa shape index (κ2) is 5.27. The molecule has 0 amide bonds. The van der Waals surface area contributed by atoms with Gasteiger partial charge in [-0.25, -0.2) is 0 Å². The molecule has 5 heteroatoms. The molecule has 0 aliphatic rings.